The number of aryl methyl sites for hydroxylation is 2. The van der Waals surface area contributed by atoms with Crippen LogP contribution >= 0.6 is 0 Å². The SMILES string of the molecule is COc1cc(-c2cc(-c3cc(C)nn3C)n3ncnc(N)c23)ccc1NC(=O)OC(C)(C)C. The first-order chi connectivity index (χ1) is 15.6. The fraction of sp³-hybridized carbons (Fsp3) is 0.304. The fourth-order valence-corrected chi connectivity index (χ4v) is 3.70. The summed E-state index contributed by atoms with van der Waals surface area (Å²) in [6.07, 6.45) is 0.863. The van der Waals surface area contributed by atoms with Crippen molar-refractivity contribution in [2.75, 3.05) is 18.2 Å². The number of aromatic nitrogens is 5. The molecule has 0 fully saturated rings. The summed E-state index contributed by atoms with van der Waals surface area (Å²) in [5.74, 6) is 0.825. The van der Waals surface area contributed by atoms with Crippen molar-refractivity contribution in [1.29, 1.82) is 0 Å². The van der Waals surface area contributed by atoms with Crippen LogP contribution in [0.15, 0.2) is 36.7 Å². The summed E-state index contributed by atoms with van der Waals surface area (Å²) in [6, 6.07) is 9.43. The van der Waals surface area contributed by atoms with Gasteiger partial charge in [-0.05, 0) is 57.5 Å². The van der Waals surface area contributed by atoms with Gasteiger partial charge in [-0.25, -0.2) is 14.3 Å². The van der Waals surface area contributed by atoms with Gasteiger partial charge >= 0.3 is 6.09 Å². The first kappa shape index (κ1) is 22.1. The molecule has 0 radical (unpaired) electrons. The molecule has 1 aromatic carbocycles. The number of benzene rings is 1. The Morgan fingerprint density at radius 2 is 1.91 bits per heavy atom. The lowest BCUT2D eigenvalue weighted by atomic mass is 10.1. The van der Waals surface area contributed by atoms with Crippen LogP contribution < -0.4 is 15.8 Å². The smallest absolute Gasteiger partial charge is 0.412 e. The van der Waals surface area contributed by atoms with E-state index < -0.39 is 11.7 Å². The molecule has 3 heterocycles. The van der Waals surface area contributed by atoms with Gasteiger partial charge in [0.1, 0.15) is 23.2 Å². The first-order valence-electron chi connectivity index (χ1n) is 10.4. The molecule has 4 rings (SSSR count). The van der Waals surface area contributed by atoms with Crippen LogP contribution in [0, 0.1) is 6.92 Å². The van der Waals surface area contributed by atoms with Gasteiger partial charge in [-0.3, -0.25) is 10.00 Å². The van der Waals surface area contributed by atoms with E-state index in [0.29, 0.717) is 22.8 Å². The van der Waals surface area contributed by atoms with Gasteiger partial charge in [-0.1, -0.05) is 6.07 Å². The first-order valence-corrected chi connectivity index (χ1v) is 10.4. The molecule has 0 atom stereocenters. The number of methoxy groups -OCH3 is 1. The van der Waals surface area contributed by atoms with E-state index in [1.807, 2.05) is 38.2 Å². The van der Waals surface area contributed by atoms with Crippen molar-refractivity contribution in [1.82, 2.24) is 24.4 Å². The third-order valence-corrected chi connectivity index (χ3v) is 5.00. The second-order valence-electron chi connectivity index (χ2n) is 8.69. The Bertz CT molecular complexity index is 1350. The molecule has 0 aliphatic heterocycles. The normalized spacial score (nSPS) is 11.6. The van der Waals surface area contributed by atoms with E-state index in [2.05, 4.69) is 20.5 Å². The third-order valence-electron chi connectivity index (χ3n) is 5.00. The molecular weight excluding hydrogens is 422 g/mol. The second-order valence-corrected chi connectivity index (χ2v) is 8.69. The molecule has 1 amide bonds. The number of anilines is 2. The average molecular weight is 450 g/mol. The van der Waals surface area contributed by atoms with Gasteiger partial charge in [0.25, 0.3) is 0 Å². The lowest BCUT2D eigenvalue weighted by Crippen LogP contribution is -2.27. The Hall–Kier alpha value is -4.08. The monoisotopic (exact) mass is 449 g/mol. The Balaban J connectivity index is 1.81. The quantitative estimate of drug-likeness (QED) is 0.482. The third kappa shape index (κ3) is 4.32. The lowest BCUT2D eigenvalue weighted by Gasteiger charge is -2.20. The topological polar surface area (TPSA) is 122 Å². The summed E-state index contributed by atoms with van der Waals surface area (Å²) in [4.78, 5) is 16.4. The van der Waals surface area contributed by atoms with Gasteiger partial charge in [0.05, 0.1) is 29.9 Å². The van der Waals surface area contributed by atoms with Crippen LogP contribution in [0.2, 0.25) is 0 Å². The van der Waals surface area contributed by atoms with Crippen molar-refractivity contribution in [3.8, 4) is 28.3 Å². The van der Waals surface area contributed by atoms with Crippen LogP contribution in [0.5, 0.6) is 5.75 Å². The maximum atomic E-state index is 12.2. The number of rotatable bonds is 4. The number of ether oxygens (including phenoxy) is 2. The van der Waals surface area contributed by atoms with E-state index in [1.54, 1.807) is 43.1 Å². The van der Waals surface area contributed by atoms with Crippen LogP contribution in [0.1, 0.15) is 26.5 Å². The van der Waals surface area contributed by atoms with Gasteiger partial charge in [0.2, 0.25) is 0 Å². The summed E-state index contributed by atoms with van der Waals surface area (Å²) in [5, 5.41) is 11.6. The number of carbonyl (C=O) groups is 1. The van der Waals surface area contributed by atoms with Crippen molar-refractivity contribution in [2.45, 2.75) is 33.3 Å². The molecule has 3 aromatic heterocycles. The minimum Gasteiger partial charge on any atom is -0.495 e. The van der Waals surface area contributed by atoms with E-state index in [4.69, 9.17) is 15.2 Å². The Labute approximate surface area is 191 Å². The molecular formula is C23H27N7O3. The Morgan fingerprint density at radius 1 is 1.15 bits per heavy atom. The van der Waals surface area contributed by atoms with Crippen molar-refractivity contribution in [3.63, 3.8) is 0 Å². The number of amides is 1. The van der Waals surface area contributed by atoms with Crippen molar-refractivity contribution >= 4 is 23.1 Å². The molecule has 0 unspecified atom stereocenters. The summed E-state index contributed by atoms with van der Waals surface area (Å²) in [5.41, 5.74) is 11.1. The molecule has 0 bridgehead atoms. The van der Waals surface area contributed by atoms with Crippen LogP contribution in [-0.2, 0) is 11.8 Å². The number of nitrogens with zero attached hydrogens (tertiary/aromatic N) is 5. The number of nitrogen functional groups attached to an aromatic ring is 1. The molecule has 10 heteroatoms. The van der Waals surface area contributed by atoms with Gasteiger partial charge in [0.15, 0.2) is 5.82 Å². The second kappa shape index (κ2) is 8.12. The summed E-state index contributed by atoms with van der Waals surface area (Å²) in [6.45, 7) is 7.35. The van der Waals surface area contributed by atoms with Gasteiger partial charge in [-0.15, -0.1) is 0 Å². The summed E-state index contributed by atoms with van der Waals surface area (Å²) < 4.78 is 14.4. The average Bonchev–Trinajstić information content (AvgIpc) is 3.27. The van der Waals surface area contributed by atoms with Crippen molar-refractivity contribution in [3.05, 3.63) is 42.4 Å². The van der Waals surface area contributed by atoms with E-state index in [-0.39, 0.29) is 0 Å². The molecule has 0 spiro atoms. The number of carbonyl (C=O) groups excluding carboxylic acids is 1. The zero-order valence-corrected chi connectivity index (χ0v) is 19.5. The number of hydrogen-bond donors (Lipinski definition) is 2. The highest BCUT2D eigenvalue weighted by atomic mass is 16.6. The summed E-state index contributed by atoms with van der Waals surface area (Å²) >= 11 is 0. The fourth-order valence-electron chi connectivity index (χ4n) is 3.70. The van der Waals surface area contributed by atoms with Crippen LogP contribution in [0.3, 0.4) is 0 Å². The minimum atomic E-state index is -0.610. The van der Waals surface area contributed by atoms with E-state index in [9.17, 15) is 4.79 Å². The van der Waals surface area contributed by atoms with Gasteiger partial charge < -0.3 is 15.2 Å². The molecule has 0 saturated heterocycles. The maximum Gasteiger partial charge on any atom is 0.412 e. The number of nitrogens with one attached hydrogen (secondary N) is 1. The molecule has 33 heavy (non-hydrogen) atoms. The Morgan fingerprint density at radius 3 is 2.55 bits per heavy atom. The molecule has 0 saturated carbocycles. The lowest BCUT2D eigenvalue weighted by molar-refractivity contribution is 0.0635. The molecule has 3 N–H and O–H groups in total. The highest BCUT2D eigenvalue weighted by molar-refractivity contribution is 5.94. The van der Waals surface area contributed by atoms with Crippen molar-refractivity contribution in [2.24, 2.45) is 7.05 Å². The Kier molecular flexibility index (Phi) is 5.44. The largest absolute Gasteiger partial charge is 0.495 e. The van der Waals surface area contributed by atoms with Crippen molar-refractivity contribution < 1.29 is 14.3 Å². The van der Waals surface area contributed by atoms with E-state index in [1.165, 1.54) is 6.33 Å². The van der Waals surface area contributed by atoms with E-state index in [0.717, 1.165) is 28.2 Å². The van der Waals surface area contributed by atoms with Crippen LogP contribution in [0.4, 0.5) is 16.3 Å². The van der Waals surface area contributed by atoms with Crippen LogP contribution in [0.25, 0.3) is 28.0 Å². The zero-order chi connectivity index (χ0) is 23.9. The molecule has 0 aliphatic rings. The minimum absolute atomic E-state index is 0.347. The number of fused-ring (bicyclic) bond motifs is 1. The zero-order valence-electron chi connectivity index (χ0n) is 19.5. The summed E-state index contributed by atoms with van der Waals surface area (Å²) in [7, 11) is 3.42. The van der Waals surface area contributed by atoms with E-state index >= 15 is 0 Å². The highest BCUT2D eigenvalue weighted by Gasteiger charge is 2.21. The standard InChI is InChI=1S/C23H27N7O3/c1-13-9-17(29(5)28-13)18-11-15(20-21(24)25-12-26-30(18)20)14-7-8-16(19(10-14)32-6)27-22(31)33-23(2,3)4/h7-12H,1-6H3,(H,27,31)(H2,24,25,26). The van der Waals surface area contributed by atoms with Gasteiger partial charge in [0, 0.05) is 12.6 Å². The molecule has 4 aromatic rings. The maximum absolute atomic E-state index is 12.2. The number of nitrogens with two attached hydrogens (primary N) is 1. The highest BCUT2D eigenvalue weighted by Crippen LogP contribution is 2.38. The number of hydrogen-bond acceptors (Lipinski definition) is 7. The predicted octanol–water partition coefficient (Wildman–Crippen LogP) is 4.04. The van der Waals surface area contributed by atoms with Gasteiger partial charge in [-0.2, -0.15) is 10.2 Å². The van der Waals surface area contributed by atoms with Crippen LogP contribution in [-0.4, -0.2) is 43.2 Å². The predicted molar refractivity (Wildman–Crippen MR) is 126 cm³/mol. The molecule has 10 nitrogen and oxygen atoms in total. The molecule has 172 valence electrons. The molecule has 0 aliphatic carbocycles.